The summed E-state index contributed by atoms with van der Waals surface area (Å²) in [6, 6.07) is 4.44. The number of carbonyl (C=O) groups excluding carboxylic acids is 2. The minimum atomic E-state index is -5.20. The standard InChI is InChI=1S/C16H20F3NO7S/c1-15(2,20(3)4)14(22)26-11-7-5-10(6-8-11)13(21)27-12(16(17,18)19)9-28(23,24)25/h5-8,12H,9H2,1-4H3,(H,23,24,25). The quantitative estimate of drug-likeness (QED) is 0.399. The van der Waals surface area contributed by atoms with E-state index < -0.39 is 45.6 Å². The second-order valence-electron chi connectivity index (χ2n) is 6.55. The van der Waals surface area contributed by atoms with Crippen LogP contribution in [0.1, 0.15) is 24.2 Å². The van der Waals surface area contributed by atoms with Gasteiger partial charge in [-0.3, -0.25) is 9.45 Å². The molecule has 0 bridgehead atoms. The highest BCUT2D eigenvalue weighted by Crippen LogP contribution is 2.25. The SMILES string of the molecule is CN(C)C(C)(C)C(=O)Oc1ccc(C(=O)OC(CS(=O)(=O)O)C(F)(F)F)cc1. The van der Waals surface area contributed by atoms with Crippen molar-refractivity contribution < 1.29 is 45.2 Å². The van der Waals surface area contributed by atoms with E-state index in [2.05, 4.69) is 4.74 Å². The molecule has 0 radical (unpaired) electrons. The van der Waals surface area contributed by atoms with Crippen molar-refractivity contribution in [1.82, 2.24) is 4.90 Å². The van der Waals surface area contributed by atoms with Crippen molar-refractivity contribution in [3.05, 3.63) is 29.8 Å². The van der Waals surface area contributed by atoms with Crippen LogP contribution in [0.3, 0.4) is 0 Å². The van der Waals surface area contributed by atoms with Gasteiger partial charge in [0.05, 0.1) is 5.56 Å². The predicted molar refractivity (Wildman–Crippen MR) is 91.5 cm³/mol. The van der Waals surface area contributed by atoms with Gasteiger partial charge in [-0.15, -0.1) is 0 Å². The number of benzene rings is 1. The van der Waals surface area contributed by atoms with Gasteiger partial charge in [0.15, 0.2) is 0 Å². The number of rotatable bonds is 7. The lowest BCUT2D eigenvalue weighted by molar-refractivity contribution is -0.197. The number of nitrogens with zero attached hydrogens (tertiary/aromatic N) is 1. The molecular weight excluding hydrogens is 407 g/mol. The molecule has 1 aromatic rings. The minimum Gasteiger partial charge on any atom is -0.448 e. The minimum absolute atomic E-state index is 0.0433. The Morgan fingerprint density at radius 2 is 1.64 bits per heavy atom. The molecule has 158 valence electrons. The molecule has 0 saturated heterocycles. The summed E-state index contributed by atoms with van der Waals surface area (Å²) in [6.45, 7) is 3.24. The van der Waals surface area contributed by atoms with Crippen molar-refractivity contribution in [2.45, 2.75) is 31.7 Å². The van der Waals surface area contributed by atoms with Crippen LogP contribution in [0.2, 0.25) is 0 Å². The van der Waals surface area contributed by atoms with Crippen LogP contribution in [0.25, 0.3) is 0 Å². The zero-order valence-corrected chi connectivity index (χ0v) is 16.3. The van der Waals surface area contributed by atoms with Crippen LogP contribution >= 0.6 is 0 Å². The third-order valence-electron chi connectivity index (χ3n) is 3.89. The fraction of sp³-hybridized carbons (Fsp3) is 0.500. The van der Waals surface area contributed by atoms with E-state index in [9.17, 15) is 31.2 Å². The average molecular weight is 427 g/mol. The number of alkyl halides is 3. The van der Waals surface area contributed by atoms with Gasteiger partial charge in [-0.2, -0.15) is 21.6 Å². The van der Waals surface area contributed by atoms with Gasteiger partial charge in [0.1, 0.15) is 17.0 Å². The van der Waals surface area contributed by atoms with Gasteiger partial charge in [-0.1, -0.05) is 0 Å². The van der Waals surface area contributed by atoms with Crippen LogP contribution in [0, 0.1) is 0 Å². The van der Waals surface area contributed by atoms with Crippen molar-refractivity contribution >= 4 is 22.1 Å². The van der Waals surface area contributed by atoms with Crippen molar-refractivity contribution in [3.8, 4) is 5.75 Å². The molecule has 1 unspecified atom stereocenters. The van der Waals surface area contributed by atoms with Crippen LogP contribution in [0.15, 0.2) is 24.3 Å². The van der Waals surface area contributed by atoms with E-state index in [0.717, 1.165) is 12.1 Å². The molecule has 0 aliphatic carbocycles. The number of hydrogen-bond donors (Lipinski definition) is 1. The normalized spacial score (nSPS) is 13.9. The Morgan fingerprint density at radius 3 is 2.04 bits per heavy atom. The second-order valence-corrected chi connectivity index (χ2v) is 8.05. The summed E-state index contributed by atoms with van der Waals surface area (Å²) in [6.07, 6.45) is -8.23. The van der Waals surface area contributed by atoms with Gasteiger partial charge >= 0.3 is 18.1 Å². The van der Waals surface area contributed by atoms with Crippen molar-refractivity contribution in [1.29, 1.82) is 0 Å². The predicted octanol–water partition coefficient (Wildman–Crippen LogP) is 1.91. The number of halogens is 3. The fourth-order valence-corrected chi connectivity index (χ4v) is 2.30. The van der Waals surface area contributed by atoms with Crippen LogP contribution in [0.4, 0.5) is 13.2 Å². The zero-order valence-electron chi connectivity index (χ0n) is 15.5. The Morgan fingerprint density at radius 1 is 1.14 bits per heavy atom. The van der Waals surface area contributed by atoms with Crippen LogP contribution in [0.5, 0.6) is 5.75 Å². The van der Waals surface area contributed by atoms with Crippen molar-refractivity contribution in [3.63, 3.8) is 0 Å². The Balaban J connectivity index is 2.90. The van der Waals surface area contributed by atoms with Gasteiger partial charge < -0.3 is 9.47 Å². The van der Waals surface area contributed by atoms with Gasteiger partial charge in [0, 0.05) is 0 Å². The Kier molecular flexibility index (Phi) is 7.20. The van der Waals surface area contributed by atoms with E-state index in [1.54, 1.807) is 32.8 Å². The second kappa shape index (κ2) is 8.45. The summed E-state index contributed by atoms with van der Waals surface area (Å²) in [5.74, 6) is -3.84. The smallest absolute Gasteiger partial charge is 0.426 e. The lowest BCUT2D eigenvalue weighted by Crippen LogP contribution is -2.48. The molecular formula is C16H20F3NO7S. The highest BCUT2D eigenvalue weighted by molar-refractivity contribution is 7.85. The average Bonchev–Trinajstić information content (AvgIpc) is 2.52. The summed E-state index contributed by atoms with van der Waals surface area (Å²) >= 11 is 0. The molecule has 1 N–H and O–H groups in total. The third kappa shape index (κ3) is 6.77. The van der Waals surface area contributed by atoms with Crippen molar-refractivity contribution in [2.75, 3.05) is 19.8 Å². The van der Waals surface area contributed by atoms with Gasteiger partial charge in [-0.25, -0.2) is 9.59 Å². The number of esters is 2. The molecule has 0 spiro atoms. The molecule has 0 aliphatic rings. The Labute approximate surface area is 160 Å². The van der Waals surface area contributed by atoms with Gasteiger partial charge in [0.25, 0.3) is 10.1 Å². The first-order valence-electron chi connectivity index (χ1n) is 7.76. The van der Waals surface area contributed by atoms with Crippen LogP contribution in [-0.2, 0) is 19.6 Å². The number of carbonyl (C=O) groups is 2. The molecule has 0 fully saturated rings. The van der Waals surface area contributed by atoms with E-state index in [1.165, 1.54) is 12.1 Å². The molecule has 1 atom stereocenters. The third-order valence-corrected chi connectivity index (χ3v) is 4.62. The molecule has 8 nitrogen and oxygen atoms in total. The molecule has 1 aromatic carbocycles. The summed E-state index contributed by atoms with van der Waals surface area (Å²) < 4.78 is 77.7. The summed E-state index contributed by atoms with van der Waals surface area (Å²) in [5, 5.41) is 0. The summed E-state index contributed by atoms with van der Waals surface area (Å²) in [4.78, 5) is 25.6. The number of hydrogen-bond acceptors (Lipinski definition) is 7. The maximum Gasteiger partial charge on any atom is 0.426 e. The maximum absolute atomic E-state index is 12.8. The number of likely N-dealkylation sites (N-methyl/N-ethyl adjacent to an activating group) is 1. The fourth-order valence-electron chi connectivity index (χ4n) is 1.66. The van der Waals surface area contributed by atoms with E-state index in [-0.39, 0.29) is 11.3 Å². The number of ether oxygens (including phenoxy) is 2. The molecule has 0 saturated carbocycles. The molecule has 0 aliphatic heterocycles. The summed E-state index contributed by atoms with van der Waals surface area (Å²) in [7, 11) is -1.69. The van der Waals surface area contributed by atoms with E-state index in [4.69, 9.17) is 9.29 Å². The highest BCUT2D eigenvalue weighted by atomic mass is 32.2. The molecule has 0 aromatic heterocycles. The Bertz CT molecular complexity index is 818. The topological polar surface area (TPSA) is 110 Å². The first-order chi connectivity index (χ1) is 12.5. The lowest BCUT2D eigenvalue weighted by Gasteiger charge is -2.29. The van der Waals surface area contributed by atoms with Gasteiger partial charge in [-0.05, 0) is 52.2 Å². The molecule has 12 heteroatoms. The van der Waals surface area contributed by atoms with Crippen molar-refractivity contribution in [2.24, 2.45) is 0 Å². The van der Waals surface area contributed by atoms with E-state index in [1.807, 2.05) is 0 Å². The molecule has 0 amide bonds. The van der Waals surface area contributed by atoms with E-state index >= 15 is 0 Å². The molecule has 0 heterocycles. The molecule has 1 rings (SSSR count). The van der Waals surface area contributed by atoms with E-state index in [0.29, 0.717) is 0 Å². The molecule has 28 heavy (non-hydrogen) atoms. The Hall–Kier alpha value is -2.18. The maximum atomic E-state index is 12.8. The summed E-state index contributed by atoms with van der Waals surface area (Å²) in [5.41, 5.74) is -1.29. The first kappa shape index (κ1) is 23.9. The largest absolute Gasteiger partial charge is 0.448 e. The highest BCUT2D eigenvalue weighted by Gasteiger charge is 2.45. The lowest BCUT2D eigenvalue weighted by atomic mass is 10.1. The monoisotopic (exact) mass is 427 g/mol. The first-order valence-corrected chi connectivity index (χ1v) is 9.37. The van der Waals surface area contributed by atoms with Crippen LogP contribution in [-0.4, -0.2) is 67.5 Å². The van der Waals surface area contributed by atoms with Gasteiger partial charge in [0.2, 0.25) is 6.10 Å². The van der Waals surface area contributed by atoms with Crippen LogP contribution < -0.4 is 4.74 Å². The zero-order chi connectivity index (χ0) is 21.9.